The van der Waals surface area contributed by atoms with E-state index in [2.05, 4.69) is 12.6 Å². The second-order valence-corrected chi connectivity index (χ2v) is 6.35. The molecule has 0 unspecified atom stereocenters. The zero-order valence-corrected chi connectivity index (χ0v) is 12.0. The Balaban J connectivity index is 3.07. The van der Waals surface area contributed by atoms with E-state index in [1.807, 2.05) is 6.92 Å². The number of carbonyl (C=O) groups is 1. The maximum absolute atomic E-state index is 12.0. The molecule has 1 atom stereocenters. The van der Waals surface area contributed by atoms with E-state index in [9.17, 15) is 13.2 Å². The maximum Gasteiger partial charge on any atom is 0.280 e. The number of hydrogen-bond donors (Lipinski definition) is 2. The topological polar surface area (TPSA) is 80.5 Å². The van der Waals surface area contributed by atoms with Gasteiger partial charge in [-0.2, -0.15) is 21.0 Å². The first-order valence-corrected chi connectivity index (χ1v) is 7.40. The van der Waals surface area contributed by atoms with Gasteiger partial charge in [0.2, 0.25) is 0 Å². The fraction of sp³-hybridized carbons (Fsp3) is 0.300. The normalized spacial score (nSPS) is 13.1. The first kappa shape index (κ1) is 15.3. The van der Waals surface area contributed by atoms with Gasteiger partial charge in [0.05, 0.1) is 10.9 Å². The van der Waals surface area contributed by atoms with Crippen LogP contribution in [0.4, 0.5) is 0 Å². The Kier molecular flexibility index (Phi) is 5.03. The van der Waals surface area contributed by atoms with Crippen LogP contribution in [0.15, 0.2) is 29.2 Å². The molecule has 0 saturated carbocycles. The van der Waals surface area contributed by atoms with Crippen molar-refractivity contribution in [1.29, 1.82) is 0 Å². The predicted molar refractivity (Wildman–Crippen MR) is 72.9 cm³/mol. The highest BCUT2D eigenvalue weighted by Gasteiger charge is 2.30. The summed E-state index contributed by atoms with van der Waals surface area (Å²) in [7, 11) is -4.07. The molecule has 1 aromatic rings. The molecule has 0 aliphatic rings. The second-order valence-electron chi connectivity index (χ2n) is 3.66. The van der Waals surface area contributed by atoms with E-state index in [0.717, 1.165) is 5.56 Å². The van der Waals surface area contributed by atoms with Crippen LogP contribution in [0.2, 0.25) is 0 Å². The third-order valence-electron chi connectivity index (χ3n) is 2.22. The van der Waals surface area contributed by atoms with Gasteiger partial charge in [0.1, 0.15) is 0 Å². The summed E-state index contributed by atoms with van der Waals surface area (Å²) in [6.45, 7) is 1.82. The van der Waals surface area contributed by atoms with E-state index >= 15 is 0 Å². The minimum atomic E-state index is -4.07. The Morgan fingerprint density at radius 1 is 1.44 bits per heavy atom. The molecule has 1 amide bonds. The first-order chi connectivity index (χ1) is 8.30. The number of rotatable bonds is 4. The number of aryl methyl sites for hydroxylation is 1. The Bertz CT molecular complexity index is 531. The molecule has 0 aromatic heterocycles. The summed E-state index contributed by atoms with van der Waals surface area (Å²) in [5.74, 6) is -0.905. The van der Waals surface area contributed by atoms with Crippen LogP contribution in [0.25, 0.3) is 0 Å². The molecule has 0 saturated heterocycles. The smallest absolute Gasteiger partial charge is 0.280 e. The van der Waals surface area contributed by atoms with Gasteiger partial charge in [-0.1, -0.05) is 17.7 Å². The molecule has 5 nitrogen and oxygen atoms in total. The van der Waals surface area contributed by atoms with Gasteiger partial charge < -0.3 is 5.73 Å². The molecule has 0 aliphatic carbocycles. The average molecular weight is 309 g/mol. The molecular formula is C10H13ClN2O3S2. The number of sulfonamides is 1. The van der Waals surface area contributed by atoms with Crippen molar-refractivity contribution in [3.05, 3.63) is 29.8 Å². The van der Waals surface area contributed by atoms with Crippen LogP contribution in [-0.2, 0) is 14.8 Å². The molecule has 100 valence electrons. The zero-order chi connectivity index (χ0) is 13.9. The number of nitrogens with two attached hydrogens (primary N) is 1. The summed E-state index contributed by atoms with van der Waals surface area (Å²) in [6.07, 6.45) is 0. The largest absolute Gasteiger partial charge is 0.319 e. The van der Waals surface area contributed by atoms with Crippen LogP contribution in [0.1, 0.15) is 5.56 Å². The minimum absolute atomic E-state index is 0.00543. The third-order valence-corrected chi connectivity index (χ3v) is 4.79. The number of amides is 1. The fourth-order valence-electron chi connectivity index (χ4n) is 1.13. The zero-order valence-electron chi connectivity index (χ0n) is 9.58. The molecule has 0 heterocycles. The molecule has 2 N–H and O–H groups in total. The lowest BCUT2D eigenvalue weighted by atomic mass is 10.2. The van der Waals surface area contributed by atoms with Crippen molar-refractivity contribution >= 4 is 40.3 Å². The lowest BCUT2D eigenvalue weighted by Crippen LogP contribution is -2.42. The highest BCUT2D eigenvalue weighted by atomic mass is 35.5. The fourth-order valence-corrected chi connectivity index (χ4v) is 2.69. The van der Waals surface area contributed by atoms with Gasteiger partial charge in [-0.15, -0.1) is 3.82 Å². The van der Waals surface area contributed by atoms with E-state index in [-0.39, 0.29) is 14.5 Å². The van der Waals surface area contributed by atoms with Crippen LogP contribution in [-0.4, -0.2) is 29.9 Å². The van der Waals surface area contributed by atoms with Gasteiger partial charge in [-0.05, 0) is 19.1 Å². The van der Waals surface area contributed by atoms with Crippen molar-refractivity contribution in [3.8, 4) is 0 Å². The van der Waals surface area contributed by atoms with Gasteiger partial charge in [0.25, 0.3) is 15.9 Å². The van der Waals surface area contributed by atoms with Gasteiger partial charge in [-0.25, -0.2) is 0 Å². The summed E-state index contributed by atoms with van der Waals surface area (Å²) < 4.78 is 24.1. The van der Waals surface area contributed by atoms with Gasteiger partial charge in [-0.3, -0.25) is 4.79 Å². The van der Waals surface area contributed by atoms with Crippen LogP contribution in [0.3, 0.4) is 0 Å². The molecule has 0 radical (unpaired) electrons. The number of hydrogen-bond acceptors (Lipinski definition) is 5. The Hall–Kier alpha value is -0.760. The van der Waals surface area contributed by atoms with Crippen LogP contribution in [0, 0.1) is 6.92 Å². The highest BCUT2D eigenvalue weighted by molar-refractivity contribution is 7.90. The monoisotopic (exact) mass is 308 g/mol. The van der Waals surface area contributed by atoms with Crippen molar-refractivity contribution in [3.63, 3.8) is 0 Å². The van der Waals surface area contributed by atoms with Crippen molar-refractivity contribution < 1.29 is 13.2 Å². The second kappa shape index (κ2) is 5.92. The van der Waals surface area contributed by atoms with Crippen molar-refractivity contribution in [2.75, 3.05) is 5.75 Å². The number of halogens is 1. The average Bonchev–Trinajstić information content (AvgIpc) is 2.36. The van der Waals surface area contributed by atoms with Gasteiger partial charge >= 0.3 is 0 Å². The Labute approximate surface area is 116 Å². The molecule has 0 aliphatic heterocycles. The molecule has 0 bridgehead atoms. The number of carbonyl (C=O) groups excluding carboxylic acids is 1. The predicted octanol–water partition coefficient (Wildman–Crippen LogP) is 0.923. The highest BCUT2D eigenvalue weighted by Crippen LogP contribution is 2.19. The standard InChI is InChI=1S/C10H13ClN2O3S2/c1-7-2-4-8(5-3-7)18(15,16)13(11)10(14)9(12)6-17/h2-5,9,17H,6,12H2,1H3/t9-/m0/s1. The molecule has 18 heavy (non-hydrogen) atoms. The summed E-state index contributed by atoms with van der Waals surface area (Å²) in [5, 5.41) is 0. The van der Waals surface area contributed by atoms with Crippen LogP contribution < -0.4 is 5.73 Å². The summed E-state index contributed by atoms with van der Waals surface area (Å²) in [5.41, 5.74) is 6.30. The Morgan fingerprint density at radius 3 is 2.39 bits per heavy atom. The SMILES string of the molecule is Cc1ccc(S(=O)(=O)N(Cl)C(=O)[C@@H](N)CS)cc1. The van der Waals surface area contributed by atoms with E-state index in [1.54, 1.807) is 12.1 Å². The van der Waals surface area contributed by atoms with E-state index in [1.165, 1.54) is 12.1 Å². The Morgan fingerprint density at radius 2 is 1.94 bits per heavy atom. The number of thiol groups is 1. The minimum Gasteiger partial charge on any atom is -0.319 e. The van der Waals surface area contributed by atoms with E-state index in [0.29, 0.717) is 0 Å². The molecule has 1 rings (SSSR count). The molecular weight excluding hydrogens is 296 g/mol. The number of benzene rings is 1. The summed E-state index contributed by atoms with van der Waals surface area (Å²) in [6, 6.07) is 4.91. The van der Waals surface area contributed by atoms with Gasteiger partial charge in [0.15, 0.2) is 0 Å². The van der Waals surface area contributed by atoms with Crippen LogP contribution in [0.5, 0.6) is 0 Å². The quantitative estimate of drug-likeness (QED) is 0.640. The van der Waals surface area contributed by atoms with Gasteiger partial charge in [0, 0.05) is 17.5 Å². The van der Waals surface area contributed by atoms with E-state index < -0.39 is 22.0 Å². The number of nitrogens with zero attached hydrogens (tertiary/aromatic N) is 1. The first-order valence-electron chi connectivity index (χ1n) is 4.98. The van der Waals surface area contributed by atoms with Crippen molar-refractivity contribution in [2.24, 2.45) is 5.73 Å². The molecule has 0 spiro atoms. The summed E-state index contributed by atoms with van der Waals surface area (Å²) >= 11 is 9.37. The molecule has 1 aromatic carbocycles. The molecule has 8 heteroatoms. The lowest BCUT2D eigenvalue weighted by molar-refractivity contribution is -0.124. The van der Waals surface area contributed by atoms with Crippen molar-refractivity contribution in [2.45, 2.75) is 17.9 Å². The third kappa shape index (κ3) is 3.17. The molecule has 0 fully saturated rings. The van der Waals surface area contributed by atoms with E-state index in [4.69, 9.17) is 17.5 Å². The van der Waals surface area contributed by atoms with Crippen LogP contribution >= 0.6 is 24.4 Å². The lowest BCUT2D eigenvalue weighted by Gasteiger charge is -2.17. The van der Waals surface area contributed by atoms with Crippen molar-refractivity contribution in [1.82, 2.24) is 3.82 Å². The maximum atomic E-state index is 12.0. The summed E-state index contributed by atoms with van der Waals surface area (Å²) in [4.78, 5) is 11.5.